The number of hydrogen-bond donors (Lipinski definition) is 0. The summed E-state index contributed by atoms with van der Waals surface area (Å²) >= 11 is 0. The lowest BCUT2D eigenvalue weighted by molar-refractivity contribution is -0.119. The number of likely N-dealkylation sites (tertiary alicyclic amines) is 1. The van der Waals surface area contributed by atoms with Gasteiger partial charge in [0.25, 0.3) is 0 Å². The molecule has 2 aliphatic heterocycles. The summed E-state index contributed by atoms with van der Waals surface area (Å²) in [5.41, 5.74) is 5.99. The Kier molecular flexibility index (Phi) is 4.51. The first-order chi connectivity index (χ1) is 13.7. The normalized spacial score (nSPS) is 21.5. The van der Waals surface area contributed by atoms with Crippen molar-refractivity contribution in [2.24, 2.45) is 0 Å². The molecular formula is C25H30N2O. The molecule has 0 radical (unpaired) electrons. The Balaban J connectivity index is 1.21. The third-order valence-corrected chi connectivity index (χ3v) is 7.50. The van der Waals surface area contributed by atoms with E-state index >= 15 is 0 Å². The first-order valence-corrected chi connectivity index (χ1v) is 10.9. The zero-order valence-electron chi connectivity index (χ0n) is 16.9. The van der Waals surface area contributed by atoms with Crippen molar-refractivity contribution in [1.82, 2.24) is 4.90 Å². The van der Waals surface area contributed by atoms with E-state index < -0.39 is 0 Å². The van der Waals surface area contributed by atoms with Gasteiger partial charge in [0.05, 0.1) is 0 Å². The van der Waals surface area contributed by atoms with Gasteiger partial charge in [-0.15, -0.1) is 0 Å². The molecule has 5 rings (SSSR count). The third-order valence-electron chi connectivity index (χ3n) is 7.50. The van der Waals surface area contributed by atoms with E-state index in [1.54, 1.807) is 11.1 Å². The molecular weight excluding hydrogens is 344 g/mol. The standard InChI is InChI=1S/C25H30N2O/c1-19(18-24(28)27-15-11-21-7-3-5-9-23(21)27)26-16-13-25(14-17-26)12-10-20-6-2-4-8-22(20)25/h2-9,19H,10-18H2,1H3. The molecule has 0 saturated carbocycles. The number of nitrogens with zero attached hydrogens (tertiary/aromatic N) is 2. The summed E-state index contributed by atoms with van der Waals surface area (Å²) in [5, 5.41) is 0. The highest BCUT2D eigenvalue weighted by Gasteiger charge is 2.41. The summed E-state index contributed by atoms with van der Waals surface area (Å²) in [6, 6.07) is 17.7. The Bertz CT molecular complexity index is 882. The second-order valence-corrected chi connectivity index (χ2v) is 8.95. The van der Waals surface area contributed by atoms with Crippen LogP contribution in [-0.2, 0) is 23.1 Å². The summed E-state index contributed by atoms with van der Waals surface area (Å²) in [6.07, 6.45) is 6.61. The van der Waals surface area contributed by atoms with E-state index in [4.69, 9.17) is 0 Å². The molecule has 1 aliphatic carbocycles. The van der Waals surface area contributed by atoms with Crippen molar-refractivity contribution in [2.45, 2.75) is 56.9 Å². The average molecular weight is 375 g/mol. The highest BCUT2D eigenvalue weighted by atomic mass is 16.2. The minimum Gasteiger partial charge on any atom is -0.312 e. The smallest absolute Gasteiger partial charge is 0.228 e. The minimum absolute atomic E-state index is 0.281. The zero-order valence-corrected chi connectivity index (χ0v) is 16.9. The monoisotopic (exact) mass is 374 g/mol. The summed E-state index contributed by atoms with van der Waals surface area (Å²) < 4.78 is 0. The highest BCUT2D eigenvalue weighted by molar-refractivity contribution is 5.95. The van der Waals surface area contributed by atoms with Gasteiger partial charge in [0, 0.05) is 24.7 Å². The second kappa shape index (κ2) is 7.04. The maximum atomic E-state index is 13.0. The van der Waals surface area contributed by atoms with E-state index in [-0.39, 0.29) is 5.91 Å². The van der Waals surface area contributed by atoms with Crippen LogP contribution >= 0.6 is 0 Å². The van der Waals surface area contributed by atoms with Crippen LogP contribution in [-0.4, -0.2) is 36.5 Å². The lowest BCUT2D eigenvalue weighted by Crippen LogP contribution is -2.47. The number of amides is 1. The lowest BCUT2D eigenvalue weighted by atomic mass is 9.73. The molecule has 1 fully saturated rings. The molecule has 0 aromatic heterocycles. The maximum Gasteiger partial charge on any atom is 0.228 e. The number of carbonyl (C=O) groups is 1. The predicted octanol–water partition coefficient (Wildman–Crippen LogP) is 4.33. The number of fused-ring (bicyclic) bond motifs is 3. The number of para-hydroxylation sites is 1. The number of anilines is 1. The van der Waals surface area contributed by atoms with Gasteiger partial charge < -0.3 is 9.80 Å². The van der Waals surface area contributed by atoms with E-state index in [0.717, 1.165) is 31.7 Å². The summed E-state index contributed by atoms with van der Waals surface area (Å²) in [7, 11) is 0. The van der Waals surface area contributed by atoms with Crippen LogP contribution in [0.3, 0.4) is 0 Å². The topological polar surface area (TPSA) is 23.6 Å². The van der Waals surface area contributed by atoms with Crippen molar-refractivity contribution in [3.8, 4) is 0 Å². The zero-order chi connectivity index (χ0) is 19.1. The quantitative estimate of drug-likeness (QED) is 0.798. The fraction of sp³-hybridized carbons (Fsp3) is 0.480. The molecule has 1 amide bonds. The van der Waals surface area contributed by atoms with E-state index in [9.17, 15) is 4.79 Å². The van der Waals surface area contributed by atoms with Crippen LogP contribution in [0.4, 0.5) is 5.69 Å². The Morgan fingerprint density at radius 2 is 1.64 bits per heavy atom. The Labute approximate surface area is 168 Å². The first kappa shape index (κ1) is 17.9. The minimum atomic E-state index is 0.281. The Morgan fingerprint density at radius 1 is 0.929 bits per heavy atom. The van der Waals surface area contributed by atoms with Gasteiger partial charge in [0.15, 0.2) is 0 Å². The van der Waals surface area contributed by atoms with Gasteiger partial charge in [-0.25, -0.2) is 0 Å². The fourth-order valence-corrected chi connectivity index (χ4v) is 5.77. The van der Waals surface area contributed by atoms with Gasteiger partial charge in [0.1, 0.15) is 0 Å². The lowest BCUT2D eigenvalue weighted by Gasteiger charge is -2.42. The molecule has 146 valence electrons. The number of benzene rings is 2. The fourth-order valence-electron chi connectivity index (χ4n) is 5.77. The molecule has 0 N–H and O–H groups in total. The molecule has 28 heavy (non-hydrogen) atoms. The molecule has 2 heterocycles. The average Bonchev–Trinajstić information content (AvgIpc) is 3.31. The van der Waals surface area contributed by atoms with Crippen LogP contribution < -0.4 is 4.90 Å². The van der Waals surface area contributed by atoms with Crippen LogP contribution in [0.5, 0.6) is 0 Å². The predicted molar refractivity (Wildman–Crippen MR) is 114 cm³/mol. The number of aryl methyl sites for hydroxylation is 1. The molecule has 2 aromatic carbocycles. The molecule has 2 aromatic rings. The van der Waals surface area contributed by atoms with Gasteiger partial charge >= 0.3 is 0 Å². The summed E-state index contributed by atoms with van der Waals surface area (Å²) in [4.78, 5) is 17.5. The highest BCUT2D eigenvalue weighted by Crippen LogP contribution is 2.46. The molecule has 3 aliphatic rings. The molecule has 3 heteroatoms. The van der Waals surface area contributed by atoms with Crippen LogP contribution in [0.25, 0.3) is 0 Å². The van der Waals surface area contributed by atoms with Crippen LogP contribution in [0, 0.1) is 0 Å². The third kappa shape index (κ3) is 2.97. The van der Waals surface area contributed by atoms with E-state index in [1.807, 2.05) is 11.0 Å². The summed E-state index contributed by atoms with van der Waals surface area (Å²) in [6.45, 7) is 5.30. The van der Waals surface area contributed by atoms with Gasteiger partial charge in [0.2, 0.25) is 5.91 Å². The Morgan fingerprint density at radius 3 is 2.46 bits per heavy atom. The number of hydrogen-bond acceptors (Lipinski definition) is 2. The van der Waals surface area contributed by atoms with Gasteiger partial charge in [-0.3, -0.25) is 4.79 Å². The van der Waals surface area contributed by atoms with Crippen molar-refractivity contribution < 1.29 is 4.79 Å². The Hall–Kier alpha value is -2.13. The molecule has 1 saturated heterocycles. The van der Waals surface area contributed by atoms with E-state index in [0.29, 0.717) is 17.9 Å². The van der Waals surface area contributed by atoms with Gasteiger partial charge in [-0.1, -0.05) is 42.5 Å². The molecule has 1 spiro atoms. The van der Waals surface area contributed by atoms with Crippen LogP contribution in [0.2, 0.25) is 0 Å². The van der Waals surface area contributed by atoms with Gasteiger partial charge in [-0.05, 0) is 80.3 Å². The van der Waals surface area contributed by atoms with Crippen molar-refractivity contribution in [3.05, 3.63) is 65.2 Å². The van der Waals surface area contributed by atoms with Crippen LogP contribution in [0.15, 0.2) is 48.5 Å². The molecule has 1 unspecified atom stereocenters. The molecule has 0 bridgehead atoms. The second-order valence-electron chi connectivity index (χ2n) is 8.95. The first-order valence-electron chi connectivity index (χ1n) is 10.9. The van der Waals surface area contributed by atoms with E-state index in [1.165, 1.54) is 31.2 Å². The maximum absolute atomic E-state index is 13.0. The van der Waals surface area contributed by atoms with Crippen molar-refractivity contribution in [2.75, 3.05) is 24.5 Å². The van der Waals surface area contributed by atoms with Gasteiger partial charge in [-0.2, -0.15) is 0 Å². The number of rotatable bonds is 3. The van der Waals surface area contributed by atoms with Crippen molar-refractivity contribution >= 4 is 11.6 Å². The molecule has 1 atom stereocenters. The number of carbonyl (C=O) groups excluding carboxylic acids is 1. The summed E-state index contributed by atoms with van der Waals surface area (Å²) in [5.74, 6) is 0.281. The van der Waals surface area contributed by atoms with E-state index in [2.05, 4.69) is 54.3 Å². The SMILES string of the molecule is CC(CC(=O)N1CCc2ccccc21)N1CCC2(CCc3ccccc32)CC1. The number of piperidine rings is 1. The van der Waals surface area contributed by atoms with Crippen molar-refractivity contribution in [3.63, 3.8) is 0 Å². The van der Waals surface area contributed by atoms with Crippen molar-refractivity contribution in [1.29, 1.82) is 0 Å². The largest absolute Gasteiger partial charge is 0.312 e. The van der Waals surface area contributed by atoms with Crippen LogP contribution in [0.1, 0.15) is 49.3 Å². The molecule has 3 nitrogen and oxygen atoms in total.